The average molecular weight is 346 g/mol. The molecule has 0 radical (unpaired) electrons. The van der Waals surface area contributed by atoms with Crippen LogP contribution >= 0.6 is 0 Å². The van der Waals surface area contributed by atoms with E-state index in [1.54, 1.807) is 0 Å². The molecule has 4 heterocycles. The summed E-state index contributed by atoms with van der Waals surface area (Å²) in [6.07, 6.45) is 8.39. The summed E-state index contributed by atoms with van der Waals surface area (Å²) < 4.78 is 21.1. The average Bonchev–Trinajstić information content (AvgIpc) is 3.03. The number of ether oxygens (including phenoxy) is 1. The predicted octanol–water partition coefficient (Wildman–Crippen LogP) is 1.22. The fourth-order valence-corrected chi connectivity index (χ4v) is 3.72. The number of morpholine rings is 1. The van der Waals surface area contributed by atoms with E-state index in [0.717, 1.165) is 45.6 Å². The first kappa shape index (κ1) is 16.4. The lowest BCUT2D eigenvalue weighted by Crippen LogP contribution is -2.57. The standard InChI is InChI=1S/C17H23FN6O/c1-22-11-14(8-21-22)12-23-4-2-17(3-5-23)13-24(6-7-25-17)16-19-9-15(18)10-20-16/h8-11H,2-7,12-13H2,1H3. The molecule has 0 saturated carbocycles. The second-order valence-electron chi connectivity index (χ2n) is 6.95. The Hall–Kier alpha value is -2.06. The van der Waals surface area contributed by atoms with Crippen molar-refractivity contribution in [3.05, 3.63) is 36.2 Å². The van der Waals surface area contributed by atoms with Crippen LogP contribution in [-0.4, -0.2) is 63.0 Å². The molecular formula is C17H23FN6O. The molecule has 1 spiro atoms. The van der Waals surface area contributed by atoms with Crippen LogP contribution in [-0.2, 0) is 18.3 Å². The van der Waals surface area contributed by atoms with Crippen molar-refractivity contribution in [2.75, 3.05) is 37.7 Å². The molecule has 0 atom stereocenters. The molecule has 2 aliphatic rings. The zero-order chi connectivity index (χ0) is 17.3. The molecule has 0 aliphatic carbocycles. The van der Waals surface area contributed by atoms with E-state index in [1.807, 2.05) is 17.9 Å². The van der Waals surface area contributed by atoms with Gasteiger partial charge in [0.25, 0.3) is 0 Å². The molecule has 0 unspecified atom stereocenters. The molecular weight excluding hydrogens is 323 g/mol. The fourth-order valence-electron chi connectivity index (χ4n) is 3.72. The molecule has 0 amide bonds. The third-order valence-corrected chi connectivity index (χ3v) is 5.07. The van der Waals surface area contributed by atoms with Crippen LogP contribution in [0.25, 0.3) is 0 Å². The van der Waals surface area contributed by atoms with E-state index in [4.69, 9.17) is 4.74 Å². The summed E-state index contributed by atoms with van der Waals surface area (Å²) in [5.74, 6) is 0.178. The molecule has 134 valence electrons. The number of hydrogen-bond acceptors (Lipinski definition) is 6. The number of rotatable bonds is 3. The van der Waals surface area contributed by atoms with Gasteiger partial charge in [0.05, 0.1) is 37.3 Å². The molecule has 2 aromatic rings. The van der Waals surface area contributed by atoms with E-state index in [1.165, 1.54) is 18.0 Å². The van der Waals surface area contributed by atoms with Crippen molar-refractivity contribution < 1.29 is 9.13 Å². The van der Waals surface area contributed by atoms with Gasteiger partial charge in [-0.15, -0.1) is 0 Å². The van der Waals surface area contributed by atoms with Crippen LogP contribution in [0.3, 0.4) is 0 Å². The maximum Gasteiger partial charge on any atom is 0.225 e. The maximum atomic E-state index is 13.0. The number of hydrogen-bond donors (Lipinski definition) is 0. The lowest BCUT2D eigenvalue weighted by atomic mass is 9.89. The number of piperidine rings is 1. The van der Waals surface area contributed by atoms with Gasteiger partial charge in [0, 0.05) is 45.0 Å². The summed E-state index contributed by atoms with van der Waals surface area (Å²) in [5, 5.41) is 4.23. The van der Waals surface area contributed by atoms with Crippen molar-refractivity contribution in [2.24, 2.45) is 7.05 Å². The van der Waals surface area contributed by atoms with Gasteiger partial charge in [0.1, 0.15) is 0 Å². The maximum absolute atomic E-state index is 13.0. The quantitative estimate of drug-likeness (QED) is 0.833. The zero-order valence-corrected chi connectivity index (χ0v) is 14.4. The molecule has 25 heavy (non-hydrogen) atoms. The smallest absolute Gasteiger partial charge is 0.225 e. The van der Waals surface area contributed by atoms with Crippen molar-refractivity contribution in [1.29, 1.82) is 0 Å². The van der Waals surface area contributed by atoms with Crippen molar-refractivity contribution >= 4 is 5.95 Å². The summed E-state index contributed by atoms with van der Waals surface area (Å²) >= 11 is 0. The van der Waals surface area contributed by atoms with E-state index in [9.17, 15) is 4.39 Å². The first-order chi connectivity index (χ1) is 12.1. The minimum Gasteiger partial charge on any atom is -0.371 e. The number of halogens is 1. The van der Waals surface area contributed by atoms with Gasteiger partial charge in [-0.2, -0.15) is 5.10 Å². The van der Waals surface area contributed by atoms with Crippen LogP contribution in [0.2, 0.25) is 0 Å². The third kappa shape index (κ3) is 3.64. The van der Waals surface area contributed by atoms with Crippen molar-refractivity contribution in [3.63, 3.8) is 0 Å². The van der Waals surface area contributed by atoms with Gasteiger partial charge >= 0.3 is 0 Å². The lowest BCUT2D eigenvalue weighted by molar-refractivity contribution is -0.0924. The highest BCUT2D eigenvalue weighted by atomic mass is 19.1. The number of likely N-dealkylation sites (tertiary alicyclic amines) is 1. The van der Waals surface area contributed by atoms with Crippen LogP contribution in [0.15, 0.2) is 24.8 Å². The van der Waals surface area contributed by atoms with Crippen LogP contribution in [0, 0.1) is 5.82 Å². The van der Waals surface area contributed by atoms with Crippen molar-refractivity contribution in [2.45, 2.75) is 25.0 Å². The zero-order valence-electron chi connectivity index (χ0n) is 14.4. The van der Waals surface area contributed by atoms with Gasteiger partial charge in [0.2, 0.25) is 5.95 Å². The molecule has 2 aliphatic heterocycles. The normalized spacial score (nSPS) is 21.0. The van der Waals surface area contributed by atoms with Gasteiger partial charge in [-0.05, 0) is 12.8 Å². The Morgan fingerprint density at radius 3 is 2.60 bits per heavy atom. The summed E-state index contributed by atoms with van der Waals surface area (Å²) in [6, 6.07) is 0. The Morgan fingerprint density at radius 1 is 1.16 bits per heavy atom. The molecule has 0 aromatic carbocycles. The van der Waals surface area contributed by atoms with E-state index >= 15 is 0 Å². The van der Waals surface area contributed by atoms with Crippen molar-refractivity contribution in [3.8, 4) is 0 Å². The molecule has 2 saturated heterocycles. The van der Waals surface area contributed by atoms with Gasteiger partial charge in [-0.3, -0.25) is 9.58 Å². The van der Waals surface area contributed by atoms with Gasteiger partial charge in [-0.25, -0.2) is 14.4 Å². The lowest BCUT2D eigenvalue weighted by Gasteiger charge is -2.47. The molecule has 4 rings (SSSR count). The first-order valence-corrected chi connectivity index (χ1v) is 8.68. The Labute approximate surface area is 146 Å². The number of nitrogens with zero attached hydrogens (tertiary/aromatic N) is 6. The Balaban J connectivity index is 1.37. The summed E-state index contributed by atoms with van der Waals surface area (Å²) in [6.45, 7) is 5.07. The third-order valence-electron chi connectivity index (χ3n) is 5.07. The Morgan fingerprint density at radius 2 is 1.92 bits per heavy atom. The summed E-state index contributed by atoms with van der Waals surface area (Å²) in [5.41, 5.74) is 1.09. The highest BCUT2D eigenvalue weighted by Crippen LogP contribution is 2.31. The molecule has 2 fully saturated rings. The summed E-state index contributed by atoms with van der Waals surface area (Å²) in [7, 11) is 1.94. The largest absolute Gasteiger partial charge is 0.371 e. The highest BCUT2D eigenvalue weighted by molar-refractivity contribution is 5.30. The minimum absolute atomic E-state index is 0.151. The molecule has 8 heteroatoms. The monoisotopic (exact) mass is 346 g/mol. The highest BCUT2D eigenvalue weighted by Gasteiger charge is 2.40. The summed E-state index contributed by atoms with van der Waals surface area (Å²) in [4.78, 5) is 12.8. The predicted molar refractivity (Wildman–Crippen MR) is 90.6 cm³/mol. The van der Waals surface area contributed by atoms with Gasteiger partial charge in [0.15, 0.2) is 5.82 Å². The molecule has 7 nitrogen and oxygen atoms in total. The molecule has 2 aromatic heterocycles. The van der Waals surface area contributed by atoms with E-state index in [0.29, 0.717) is 12.6 Å². The molecule has 0 N–H and O–H groups in total. The number of aromatic nitrogens is 4. The Kier molecular flexibility index (Phi) is 4.39. The fraction of sp³-hybridized carbons (Fsp3) is 0.588. The van der Waals surface area contributed by atoms with E-state index in [-0.39, 0.29) is 5.60 Å². The molecule has 0 bridgehead atoms. The number of anilines is 1. The van der Waals surface area contributed by atoms with Gasteiger partial charge in [-0.1, -0.05) is 0 Å². The second kappa shape index (κ2) is 6.68. The van der Waals surface area contributed by atoms with Gasteiger partial charge < -0.3 is 9.64 Å². The van der Waals surface area contributed by atoms with Crippen LogP contribution in [0.4, 0.5) is 10.3 Å². The topological polar surface area (TPSA) is 59.3 Å². The van der Waals surface area contributed by atoms with Crippen LogP contribution < -0.4 is 4.90 Å². The second-order valence-corrected chi connectivity index (χ2v) is 6.95. The first-order valence-electron chi connectivity index (χ1n) is 8.68. The van der Waals surface area contributed by atoms with Crippen molar-refractivity contribution in [1.82, 2.24) is 24.6 Å². The van der Waals surface area contributed by atoms with Crippen LogP contribution in [0.5, 0.6) is 0 Å². The van der Waals surface area contributed by atoms with E-state index in [2.05, 4.69) is 31.1 Å². The van der Waals surface area contributed by atoms with E-state index < -0.39 is 5.82 Å². The Bertz CT molecular complexity index is 710. The SMILES string of the molecule is Cn1cc(CN2CCC3(CC2)CN(c2ncc(F)cn2)CCO3)cn1. The van der Waals surface area contributed by atoms with Crippen LogP contribution in [0.1, 0.15) is 18.4 Å². The minimum atomic E-state index is -0.407. The number of aryl methyl sites for hydroxylation is 1.